The van der Waals surface area contributed by atoms with Crippen LogP contribution in [0.2, 0.25) is 0 Å². The number of terminal acetylenes is 1. The molecular weight excluding hydrogens is 322 g/mol. The molecule has 0 radical (unpaired) electrons. The maximum Gasteiger partial charge on any atom is 0.250 e. The van der Waals surface area contributed by atoms with E-state index in [1.807, 2.05) is 0 Å². The van der Waals surface area contributed by atoms with Gasteiger partial charge in [0.2, 0.25) is 5.91 Å². The highest BCUT2D eigenvalue weighted by molar-refractivity contribution is 7.91. The number of carbonyl (C=O) groups is 1. The van der Waals surface area contributed by atoms with Crippen LogP contribution in [-0.4, -0.2) is 43.3 Å². The fourth-order valence-corrected chi connectivity index (χ4v) is 4.92. The first kappa shape index (κ1) is 15.0. The minimum absolute atomic E-state index is 0.157. The number of hydrogen-bond donors (Lipinski definition) is 1. The molecule has 0 aromatic carbocycles. The van der Waals surface area contributed by atoms with Crippen molar-refractivity contribution in [1.29, 1.82) is 0 Å². The van der Waals surface area contributed by atoms with Crippen molar-refractivity contribution < 1.29 is 13.2 Å². The average molecular weight is 335 g/mol. The molecule has 6 nitrogen and oxygen atoms in total. The number of likely N-dealkylation sites (tertiary alicyclic amines) is 1. The van der Waals surface area contributed by atoms with Crippen LogP contribution in [0.1, 0.15) is 6.42 Å². The highest BCUT2D eigenvalue weighted by Crippen LogP contribution is 2.27. The van der Waals surface area contributed by atoms with Crippen LogP contribution in [0.25, 0.3) is 10.2 Å². The molecule has 1 aliphatic heterocycles. The summed E-state index contributed by atoms with van der Waals surface area (Å²) in [6.07, 6.45) is 7.22. The van der Waals surface area contributed by atoms with E-state index in [-0.39, 0.29) is 16.7 Å². The van der Waals surface area contributed by atoms with Gasteiger partial charge in [-0.1, -0.05) is 5.92 Å². The van der Waals surface area contributed by atoms with Crippen molar-refractivity contribution >= 4 is 37.5 Å². The van der Waals surface area contributed by atoms with E-state index in [1.165, 1.54) is 11.0 Å². The van der Waals surface area contributed by atoms with Gasteiger partial charge >= 0.3 is 0 Å². The molecule has 1 fully saturated rings. The van der Waals surface area contributed by atoms with E-state index < -0.39 is 16.1 Å². The normalized spacial score (nSPS) is 18.8. The van der Waals surface area contributed by atoms with E-state index in [4.69, 9.17) is 6.42 Å². The molecule has 3 heterocycles. The topological polar surface area (TPSA) is 79.4 Å². The van der Waals surface area contributed by atoms with Gasteiger partial charge < -0.3 is 4.90 Å². The van der Waals surface area contributed by atoms with Crippen LogP contribution in [0.15, 0.2) is 28.6 Å². The van der Waals surface area contributed by atoms with Crippen molar-refractivity contribution in [3.63, 3.8) is 0 Å². The van der Waals surface area contributed by atoms with Crippen LogP contribution < -0.4 is 4.72 Å². The molecule has 8 heteroatoms. The molecule has 2 aromatic rings. The first-order chi connectivity index (χ1) is 10.5. The maximum absolute atomic E-state index is 12.4. The number of aromatic nitrogens is 1. The van der Waals surface area contributed by atoms with Crippen molar-refractivity contribution in [1.82, 2.24) is 14.6 Å². The third-order valence-electron chi connectivity index (χ3n) is 3.41. The molecule has 3 rings (SSSR count). The lowest BCUT2D eigenvalue weighted by Gasteiger charge is -2.13. The maximum atomic E-state index is 12.4. The van der Waals surface area contributed by atoms with Gasteiger partial charge in [-0.3, -0.25) is 9.78 Å². The lowest BCUT2D eigenvalue weighted by molar-refractivity contribution is -0.128. The molecular formula is C14H13N3O3S2. The zero-order valence-corrected chi connectivity index (χ0v) is 13.2. The summed E-state index contributed by atoms with van der Waals surface area (Å²) in [5, 5.41) is 0. The number of amides is 1. The zero-order valence-electron chi connectivity index (χ0n) is 11.5. The molecule has 1 aliphatic rings. The van der Waals surface area contributed by atoms with E-state index in [1.54, 1.807) is 18.3 Å². The number of rotatable bonds is 4. The second kappa shape index (κ2) is 5.68. The zero-order chi connectivity index (χ0) is 15.7. The highest BCUT2D eigenvalue weighted by atomic mass is 32.2. The van der Waals surface area contributed by atoms with Gasteiger partial charge in [-0.05, 0) is 24.6 Å². The third-order valence-corrected chi connectivity index (χ3v) is 6.44. The lowest BCUT2D eigenvalue weighted by atomic mass is 10.3. The summed E-state index contributed by atoms with van der Waals surface area (Å²) in [6.45, 7) is 0.661. The van der Waals surface area contributed by atoms with Crippen molar-refractivity contribution in [2.45, 2.75) is 16.7 Å². The molecule has 1 N–H and O–H groups in total. The van der Waals surface area contributed by atoms with Gasteiger partial charge in [0.25, 0.3) is 10.0 Å². The molecule has 114 valence electrons. The summed E-state index contributed by atoms with van der Waals surface area (Å²) < 4.78 is 28.3. The second-order valence-electron chi connectivity index (χ2n) is 4.88. The molecule has 1 amide bonds. The SMILES string of the molecule is C#CCN1CC[C@H](NS(=O)(=O)c2cc3ncccc3s2)C1=O. The molecule has 1 atom stereocenters. The minimum atomic E-state index is -3.75. The van der Waals surface area contributed by atoms with E-state index >= 15 is 0 Å². The fraction of sp³-hybridized carbons (Fsp3) is 0.286. The number of fused-ring (bicyclic) bond motifs is 1. The average Bonchev–Trinajstić information content (AvgIpc) is 3.06. The number of nitrogens with one attached hydrogen (secondary N) is 1. The summed E-state index contributed by atoms with van der Waals surface area (Å²) in [7, 11) is -3.75. The van der Waals surface area contributed by atoms with Crippen LogP contribution >= 0.6 is 11.3 Å². The van der Waals surface area contributed by atoms with E-state index in [0.717, 1.165) is 16.0 Å². The Balaban J connectivity index is 1.82. The Morgan fingerprint density at radius 1 is 1.55 bits per heavy atom. The van der Waals surface area contributed by atoms with Crippen LogP contribution in [0.3, 0.4) is 0 Å². The van der Waals surface area contributed by atoms with Crippen molar-refractivity contribution in [3.8, 4) is 12.3 Å². The van der Waals surface area contributed by atoms with Gasteiger partial charge in [-0.2, -0.15) is 4.72 Å². The van der Waals surface area contributed by atoms with Gasteiger partial charge in [-0.15, -0.1) is 17.8 Å². The smallest absolute Gasteiger partial charge is 0.250 e. The first-order valence-corrected chi connectivity index (χ1v) is 8.90. The largest absolute Gasteiger partial charge is 0.330 e. The van der Waals surface area contributed by atoms with Gasteiger partial charge in [0.15, 0.2) is 0 Å². The Bertz CT molecular complexity index is 834. The number of thiophene rings is 1. The number of pyridine rings is 1. The van der Waals surface area contributed by atoms with Crippen LogP contribution in [0, 0.1) is 12.3 Å². The summed E-state index contributed by atoms with van der Waals surface area (Å²) >= 11 is 1.13. The second-order valence-corrected chi connectivity index (χ2v) is 7.90. The predicted molar refractivity (Wildman–Crippen MR) is 83.8 cm³/mol. The van der Waals surface area contributed by atoms with Crippen LogP contribution in [0.5, 0.6) is 0 Å². The standard InChI is InChI=1S/C14H13N3O3S2/c1-2-7-17-8-5-10(14(17)18)16-22(19,20)13-9-11-12(21-13)4-3-6-15-11/h1,3-4,6,9-10,16H,5,7-8H2/t10-/m0/s1. The summed E-state index contributed by atoms with van der Waals surface area (Å²) in [5.74, 6) is 2.12. The quantitative estimate of drug-likeness (QED) is 0.839. The Kier molecular flexibility index (Phi) is 3.87. The van der Waals surface area contributed by atoms with Crippen molar-refractivity contribution in [2.75, 3.05) is 13.1 Å². The Morgan fingerprint density at radius 3 is 3.09 bits per heavy atom. The Labute approximate surface area is 132 Å². The molecule has 0 aliphatic carbocycles. The highest BCUT2D eigenvalue weighted by Gasteiger charge is 2.34. The molecule has 1 saturated heterocycles. The number of carbonyl (C=O) groups excluding carboxylic acids is 1. The Morgan fingerprint density at radius 2 is 2.36 bits per heavy atom. The van der Waals surface area contributed by atoms with Crippen LogP contribution in [-0.2, 0) is 14.8 Å². The van der Waals surface area contributed by atoms with E-state index in [2.05, 4.69) is 15.6 Å². The first-order valence-electron chi connectivity index (χ1n) is 6.60. The molecule has 0 saturated carbocycles. The molecule has 22 heavy (non-hydrogen) atoms. The van der Waals surface area contributed by atoms with Crippen molar-refractivity contribution in [3.05, 3.63) is 24.4 Å². The molecule has 0 spiro atoms. The monoisotopic (exact) mass is 335 g/mol. The molecule has 0 unspecified atom stereocenters. The minimum Gasteiger partial charge on any atom is -0.330 e. The van der Waals surface area contributed by atoms with Gasteiger partial charge in [0.05, 0.1) is 16.8 Å². The molecule has 2 aromatic heterocycles. The van der Waals surface area contributed by atoms with Gasteiger partial charge in [-0.25, -0.2) is 8.42 Å². The summed E-state index contributed by atoms with van der Waals surface area (Å²) in [4.78, 5) is 17.7. The fourth-order valence-electron chi connectivity index (χ4n) is 2.34. The number of sulfonamides is 1. The van der Waals surface area contributed by atoms with Gasteiger partial charge in [0, 0.05) is 12.7 Å². The van der Waals surface area contributed by atoms with Crippen molar-refractivity contribution in [2.24, 2.45) is 0 Å². The predicted octanol–water partition coefficient (Wildman–Crippen LogP) is 0.809. The summed E-state index contributed by atoms with van der Waals surface area (Å²) in [6, 6.07) is 4.32. The van der Waals surface area contributed by atoms with Crippen LogP contribution in [0.4, 0.5) is 0 Å². The number of hydrogen-bond acceptors (Lipinski definition) is 5. The Hall–Kier alpha value is -1.95. The van der Waals surface area contributed by atoms with E-state index in [9.17, 15) is 13.2 Å². The third kappa shape index (κ3) is 2.70. The molecule has 0 bridgehead atoms. The number of nitrogens with zero attached hydrogens (tertiary/aromatic N) is 2. The lowest BCUT2D eigenvalue weighted by Crippen LogP contribution is -2.41. The van der Waals surface area contributed by atoms with Gasteiger partial charge in [0.1, 0.15) is 10.3 Å². The summed E-state index contributed by atoms with van der Waals surface area (Å²) in [5.41, 5.74) is 0.625. The van der Waals surface area contributed by atoms with E-state index in [0.29, 0.717) is 18.5 Å².